The molecule has 6 heteroatoms. The fourth-order valence-corrected chi connectivity index (χ4v) is 3.32. The number of rotatable bonds is 8. The SMILES string of the molecule is O=C(Cc1ccc(N(Cc2ccccc2)C(=O)c2ccco2)cc1)NCc1cccnc1. The molecular formula is C26H23N3O3. The molecule has 1 N–H and O–H groups in total. The maximum atomic E-state index is 13.1. The molecule has 4 aromatic rings. The second-order valence-electron chi connectivity index (χ2n) is 7.34. The van der Waals surface area contributed by atoms with E-state index in [0.717, 1.165) is 22.4 Å². The van der Waals surface area contributed by atoms with E-state index < -0.39 is 0 Å². The number of aromatic nitrogens is 1. The molecule has 6 nitrogen and oxygen atoms in total. The smallest absolute Gasteiger partial charge is 0.294 e. The third-order valence-electron chi connectivity index (χ3n) is 4.99. The normalized spacial score (nSPS) is 10.5. The number of amides is 2. The van der Waals surface area contributed by atoms with E-state index in [1.165, 1.54) is 6.26 Å². The van der Waals surface area contributed by atoms with Crippen LogP contribution in [0.15, 0.2) is 102 Å². The van der Waals surface area contributed by atoms with Crippen LogP contribution in [0.5, 0.6) is 0 Å². The van der Waals surface area contributed by atoms with Crippen molar-refractivity contribution in [1.82, 2.24) is 10.3 Å². The zero-order valence-electron chi connectivity index (χ0n) is 17.5. The lowest BCUT2D eigenvalue weighted by Gasteiger charge is -2.22. The molecule has 2 aromatic heterocycles. The summed E-state index contributed by atoms with van der Waals surface area (Å²) in [7, 11) is 0. The number of hydrogen-bond acceptors (Lipinski definition) is 4. The van der Waals surface area contributed by atoms with Gasteiger partial charge >= 0.3 is 0 Å². The topological polar surface area (TPSA) is 75.4 Å². The Bertz CT molecular complexity index is 1140. The van der Waals surface area contributed by atoms with E-state index in [1.807, 2.05) is 66.7 Å². The first-order chi connectivity index (χ1) is 15.7. The average molecular weight is 425 g/mol. The number of anilines is 1. The van der Waals surface area contributed by atoms with E-state index in [2.05, 4.69) is 10.3 Å². The van der Waals surface area contributed by atoms with E-state index in [0.29, 0.717) is 13.1 Å². The average Bonchev–Trinajstić information content (AvgIpc) is 3.38. The number of carbonyl (C=O) groups excluding carboxylic acids is 2. The highest BCUT2D eigenvalue weighted by Gasteiger charge is 2.20. The maximum absolute atomic E-state index is 13.1. The van der Waals surface area contributed by atoms with Gasteiger partial charge in [0.15, 0.2) is 5.76 Å². The third kappa shape index (κ3) is 5.49. The Hall–Kier alpha value is -4.19. The molecule has 2 amide bonds. The lowest BCUT2D eigenvalue weighted by Crippen LogP contribution is -2.30. The van der Waals surface area contributed by atoms with Crippen LogP contribution in [-0.4, -0.2) is 16.8 Å². The van der Waals surface area contributed by atoms with Crippen molar-refractivity contribution in [3.63, 3.8) is 0 Å². The van der Waals surface area contributed by atoms with Gasteiger partial charge in [-0.05, 0) is 47.0 Å². The van der Waals surface area contributed by atoms with Crippen LogP contribution in [0.2, 0.25) is 0 Å². The minimum Gasteiger partial charge on any atom is -0.459 e. The molecule has 0 saturated heterocycles. The highest BCUT2D eigenvalue weighted by Crippen LogP contribution is 2.21. The van der Waals surface area contributed by atoms with Crippen LogP contribution in [0.1, 0.15) is 27.2 Å². The molecule has 0 radical (unpaired) electrons. The van der Waals surface area contributed by atoms with Gasteiger partial charge < -0.3 is 14.6 Å². The Morgan fingerprint density at radius 3 is 2.31 bits per heavy atom. The lowest BCUT2D eigenvalue weighted by atomic mass is 10.1. The summed E-state index contributed by atoms with van der Waals surface area (Å²) in [6.07, 6.45) is 5.17. The molecule has 4 rings (SSSR count). The molecule has 0 aliphatic carbocycles. The van der Waals surface area contributed by atoms with Crippen molar-refractivity contribution in [2.24, 2.45) is 0 Å². The van der Waals surface area contributed by atoms with Gasteiger partial charge in [0, 0.05) is 24.6 Å². The number of hydrogen-bond donors (Lipinski definition) is 1. The highest BCUT2D eigenvalue weighted by atomic mass is 16.3. The van der Waals surface area contributed by atoms with Gasteiger partial charge in [-0.25, -0.2) is 0 Å². The van der Waals surface area contributed by atoms with E-state index >= 15 is 0 Å². The standard InChI is InChI=1S/C26H23N3O3/c30-25(28-18-22-8-4-14-27-17-22)16-20-10-12-23(13-11-20)29(19-21-6-2-1-3-7-21)26(31)24-9-5-15-32-24/h1-15,17H,16,18-19H2,(H,28,30). The number of nitrogens with one attached hydrogen (secondary N) is 1. The molecule has 0 atom stereocenters. The number of pyridine rings is 1. The van der Waals surface area contributed by atoms with Gasteiger partial charge in [0.1, 0.15) is 0 Å². The minimum atomic E-state index is -0.221. The van der Waals surface area contributed by atoms with Crippen molar-refractivity contribution in [3.8, 4) is 0 Å². The largest absolute Gasteiger partial charge is 0.459 e. The Labute approximate surface area is 186 Å². The van der Waals surface area contributed by atoms with Gasteiger partial charge in [-0.3, -0.25) is 14.6 Å². The van der Waals surface area contributed by atoms with E-state index in [4.69, 9.17) is 4.42 Å². The van der Waals surface area contributed by atoms with Crippen LogP contribution in [0.25, 0.3) is 0 Å². The first kappa shape index (κ1) is 21.1. The van der Waals surface area contributed by atoms with Crippen molar-refractivity contribution in [2.75, 3.05) is 4.90 Å². The number of furan rings is 1. The van der Waals surface area contributed by atoms with Crippen molar-refractivity contribution in [1.29, 1.82) is 0 Å². The molecule has 0 aliphatic rings. The summed E-state index contributed by atoms with van der Waals surface area (Å²) in [6, 6.07) is 24.3. The van der Waals surface area contributed by atoms with Crippen LogP contribution in [0.4, 0.5) is 5.69 Å². The fraction of sp³-hybridized carbons (Fsp3) is 0.115. The number of benzene rings is 2. The summed E-state index contributed by atoms with van der Waals surface area (Å²) in [4.78, 5) is 31.1. The fourth-order valence-electron chi connectivity index (χ4n) is 3.32. The molecule has 0 spiro atoms. The summed E-state index contributed by atoms with van der Waals surface area (Å²) in [5, 5.41) is 2.90. The van der Waals surface area contributed by atoms with Gasteiger partial charge in [-0.2, -0.15) is 0 Å². The summed E-state index contributed by atoms with van der Waals surface area (Å²) < 4.78 is 5.33. The van der Waals surface area contributed by atoms with Crippen molar-refractivity contribution in [3.05, 3.63) is 120 Å². The molecule has 0 bridgehead atoms. The molecule has 32 heavy (non-hydrogen) atoms. The summed E-state index contributed by atoms with van der Waals surface area (Å²) >= 11 is 0. The second kappa shape index (κ2) is 10.2. The second-order valence-corrected chi connectivity index (χ2v) is 7.34. The zero-order valence-corrected chi connectivity index (χ0v) is 17.5. The van der Waals surface area contributed by atoms with Crippen molar-refractivity contribution < 1.29 is 14.0 Å². The van der Waals surface area contributed by atoms with Crippen molar-refractivity contribution >= 4 is 17.5 Å². The molecule has 0 saturated carbocycles. The van der Waals surface area contributed by atoms with Gasteiger partial charge in [0.2, 0.25) is 5.91 Å². The summed E-state index contributed by atoms with van der Waals surface area (Å²) in [5.41, 5.74) is 3.55. The van der Waals surface area contributed by atoms with E-state index in [9.17, 15) is 9.59 Å². The van der Waals surface area contributed by atoms with Gasteiger partial charge in [-0.1, -0.05) is 48.5 Å². The monoisotopic (exact) mass is 425 g/mol. The molecule has 2 heterocycles. The van der Waals surface area contributed by atoms with Gasteiger partial charge in [0.05, 0.1) is 19.2 Å². The molecule has 160 valence electrons. The predicted molar refractivity (Wildman–Crippen MR) is 122 cm³/mol. The molecule has 0 unspecified atom stereocenters. The minimum absolute atomic E-state index is 0.0746. The van der Waals surface area contributed by atoms with E-state index in [1.54, 1.807) is 29.4 Å². The molecular weight excluding hydrogens is 402 g/mol. The number of carbonyl (C=O) groups is 2. The Morgan fingerprint density at radius 1 is 0.844 bits per heavy atom. The van der Waals surface area contributed by atoms with E-state index in [-0.39, 0.29) is 24.0 Å². The van der Waals surface area contributed by atoms with Crippen LogP contribution < -0.4 is 10.2 Å². The van der Waals surface area contributed by atoms with Crippen LogP contribution in [0, 0.1) is 0 Å². The summed E-state index contributed by atoms with van der Waals surface area (Å²) in [5.74, 6) is -0.0185. The predicted octanol–water partition coefficient (Wildman–Crippen LogP) is 4.38. The molecule has 2 aromatic carbocycles. The maximum Gasteiger partial charge on any atom is 0.294 e. The molecule has 0 fully saturated rings. The van der Waals surface area contributed by atoms with Crippen LogP contribution in [-0.2, 0) is 24.3 Å². The molecule has 0 aliphatic heterocycles. The van der Waals surface area contributed by atoms with Gasteiger partial charge in [0.25, 0.3) is 5.91 Å². The van der Waals surface area contributed by atoms with Gasteiger partial charge in [-0.15, -0.1) is 0 Å². The Morgan fingerprint density at radius 2 is 1.62 bits per heavy atom. The van der Waals surface area contributed by atoms with Crippen LogP contribution >= 0.6 is 0 Å². The first-order valence-electron chi connectivity index (χ1n) is 10.3. The Balaban J connectivity index is 1.45. The summed E-state index contributed by atoms with van der Waals surface area (Å²) in [6.45, 7) is 0.846. The third-order valence-corrected chi connectivity index (χ3v) is 4.99. The quantitative estimate of drug-likeness (QED) is 0.455. The highest BCUT2D eigenvalue weighted by molar-refractivity contribution is 6.04. The number of nitrogens with zero attached hydrogens (tertiary/aromatic N) is 2. The lowest BCUT2D eigenvalue weighted by molar-refractivity contribution is -0.120. The van der Waals surface area contributed by atoms with Crippen LogP contribution in [0.3, 0.4) is 0 Å². The first-order valence-corrected chi connectivity index (χ1v) is 10.3. The van der Waals surface area contributed by atoms with Crippen molar-refractivity contribution in [2.45, 2.75) is 19.5 Å². The Kier molecular flexibility index (Phi) is 6.72. The zero-order chi connectivity index (χ0) is 22.2.